The summed E-state index contributed by atoms with van der Waals surface area (Å²) in [7, 11) is 0. The minimum absolute atomic E-state index is 0.258. The molecule has 0 aromatic carbocycles. The van der Waals surface area contributed by atoms with Crippen LogP contribution in [0.5, 0.6) is 0 Å². The van der Waals surface area contributed by atoms with Crippen LogP contribution in [0.4, 0.5) is 0 Å². The number of hydrogen-bond donors (Lipinski definition) is 0. The van der Waals surface area contributed by atoms with Crippen LogP contribution in [0.3, 0.4) is 0 Å². The normalized spacial score (nSPS) is 28.1. The van der Waals surface area contributed by atoms with Gasteiger partial charge in [-0.15, -0.1) is 33.2 Å². The van der Waals surface area contributed by atoms with E-state index in [-0.39, 0.29) is 6.10 Å². The van der Waals surface area contributed by atoms with Gasteiger partial charge in [-0.2, -0.15) is 0 Å². The van der Waals surface area contributed by atoms with E-state index in [2.05, 4.69) is 0 Å². The quantitative estimate of drug-likeness (QED) is 0.370. The maximum atomic E-state index is 5.56. The van der Waals surface area contributed by atoms with E-state index in [0.717, 1.165) is 6.61 Å². The zero-order valence-corrected chi connectivity index (χ0v) is 7.30. The largest absolute Gasteiger partial charge is 0.373 e. The van der Waals surface area contributed by atoms with Crippen LogP contribution in [-0.4, -0.2) is 18.7 Å². The van der Waals surface area contributed by atoms with E-state index in [4.69, 9.17) is 38.0 Å². The zero-order chi connectivity index (χ0) is 6.20. The van der Waals surface area contributed by atoms with Gasteiger partial charge in [-0.05, 0) is 0 Å². The van der Waals surface area contributed by atoms with E-state index in [1.54, 1.807) is 0 Å². The van der Waals surface area contributed by atoms with E-state index in [0.29, 0.717) is 6.04 Å². The molecule has 0 spiro atoms. The molecule has 8 heavy (non-hydrogen) atoms. The number of hydrogen-bond acceptors (Lipinski definition) is 1. The Hall–Kier alpha value is 1.05. The van der Waals surface area contributed by atoms with Crippen molar-refractivity contribution in [3.63, 3.8) is 0 Å². The van der Waals surface area contributed by atoms with Gasteiger partial charge >= 0.3 is 6.00 Å². The Bertz CT molecular complexity index is 87.0. The predicted octanol–water partition coefficient (Wildman–Crippen LogP) is 2.04. The second-order valence-corrected chi connectivity index (χ2v) is 11.0. The van der Waals surface area contributed by atoms with Crippen LogP contribution in [0, 0.1) is 0 Å². The van der Waals surface area contributed by atoms with Gasteiger partial charge in [-0.25, -0.2) is 0 Å². The molecule has 0 amide bonds. The van der Waals surface area contributed by atoms with Gasteiger partial charge in [0.05, 0.1) is 12.7 Å². The molecule has 1 rings (SSSR count). The molecular weight excluding hydrogens is 186 g/mol. The molecule has 1 aliphatic heterocycles. The van der Waals surface area contributed by atoms with Crippen LogP contribution in [0.2, 0.25) is 6.04 Å². The maximum Gasteiger partial charge on any atom is 0.344 e. The van der Waals surface area contributed by atoms with Gasteiger partial charge in [0.2, 0.25) is 0 Å². The van der Waals surface area contributed by atoms with Gasteiger partial charge in [0.15, 0.2) is 0 Å². The average Bonchev–Trinajstić information content (AvgIpc) is 2.12. The Morgan fingerprint density at radius 1 is 1.50 bits per heavy atom. The molecule has 0 radical (unpaired) electrons. The van der Waals surface area contributed by atoms with Crippen molar-refractivity contribution in [2.45, 2.75) is 12.1 Å². The molecule has 0 aromatic rings. The lowest BCUT2D eigenvalue weighted by Gasteiger charge is -2.01. The summed E-state index contributed by atoms with van der Waals surface area (Å²) >= 11 is 16.7. The van der Waals surface area contributed by atoms with Crippen molar-refractivity contribution < 1.29 is 4.74 Å². The highest BCUT2D eigenvalue weighted by Gasteiger charge is 2.35. The smallest absolute Gasteiger partial charge is 0.344 e. The SMILES string of the molecule is Cl[Si](Cl)(Cl)CC1CO1. The van der Waals surface area contributed by atoms with Crippen LogP contribution in [-0.2, 0) is 4.74 Å². The number of rotatable bonds is 2. The zero-order valence-electron chi connectivity index (χ0n) is 4.03. The van der Waals surface area contributed by atoms with Gasteiger partial charge in [-0.1, -0.05) is 0 Å². The first-order valence-electron chi connectivity index (χ1n) is 2.26. The highest BCUT2D eigenvalue weighted by molar-refractivity contribution is 7.64. The summed E-state index contributed by atoms with van der Waals surface area (Å²) in [6, 6.07) is -1.72. The van der Waals surface area contributed by atoms with Crippen molar-refractivity contribution in [2.24, 2.45) is 0 Å². The van der Waals surface area contributed by atoms with E-state index in [9.17, 15) is 0 Å². The molecule has 1 nitrogen and oxygen atoms in total. The molecule has 0 saturated carbocycles. The average molecular weight is 192 g/mol. The van der Waals surface area contributed by atoms with Crippen LogP contribution in [0.25, 0.3) is 0 Å². The third-order valence-electron chi connectivity index (χ3n) is 0.861. The van der Waals surface area contributed by atoms with Crippen LogP contribution >= 0.6 is 33.2 Å². The Balaban J connectivity index is 2.16. The molecular formula is C3H5Cl3OSi. The summed E-state index contributed by atoms with van der Waals surface area (Å²) < 4.78 is 4.87. The molecule has 5 heteroatoms. The lowest BCUT2D eigenvalue weighted by Crippen LogP contribution is -2.11. The minimum atomic E-state index is -2.37. The van der Waals surface area contributed by atoms with Gasteiger partial charge < -0.3 is 4.74 Å². The van der Waals surface area contributed by atoms with E-state index < -0.39 is 6.00 Å². The van der Waals surface area contributed by atoms with E-state index in [1.807, 2.05) is 0 Å². The van der Waals surface area contributed by atoms with Crippen molar-refractivity contribution in [2.75, 3.05) is 6.61 Å². The van der Waals surface area contributed by atoms with Crippen LogP contribution < -0.4 is 0 Å². The van der Waals surface area contributed by atoms with Crippen molar-refractivity contribution in [1.29, 1.82) is 0 Å². The lowest BCUT2D eigenvalue weighted by atomic mass is 10.6. The topological polar surface area (TPSA) is 12.5 Å². The summed E-state index contributed by atoms with van der Waals surface area (Å²) in [5.41, 5.74) is 0. The fourth-order valence-electron chi connectivity index (χ4n) is 0.444. The Labute approximate surface area is 63.0 Å². The molecule has 1 fully saturated rings. The van der Waals surface area contributed by atoms with Gasteiger partial charge in [-0.3, -0.25) is 0 Å². The molecule has 0 bridgehead atoms. The standard InChI is InChI=1S/C3H5Cl3OSi/c4-8(5,6)2-3-1-7-3/h3H,1-2H2. The maximum absolute atomic E-state index is 5.56. The van der Waals surface area contributed by atoms with Gasteiger partial charge in [0, 0.05) is 6.04 Å². The minimum Gasteiger partial charge on any atom is -0.373 e. The van der Waals surface area contributed by atoms with Gasteiger partial charge in [0.1, 0.15) is 0 Å². The third-order valence-corrected chi connectivity index (χ3v) is 3.17. The molecule has 1 atom stereocenters. The van der Waals surface area contributed by atoms with Gasteiger partial charge in [0.25, 0.3) is 0 Å². The monoisotopic (exact) mass is 190 g/mol. The summed E-state index contributed by atoms with van der Waals surface area (Å²) in [5, 5.41) is 0. The lowest BCUT2D eigenvalue weighted by molar-refractivity contribution is 0.422. The first kappa shape index (κ1) is 7.16. The Morgan fingerprint density at radius 2 is 2.00 bits per heavy atom. The Morgan fingerprint density at radius 3 is 2.12 bits per heavy atom. The Kier molecular flexibility index (Phi) is 2.10. The molecule has 0 N–H and O–H groups in total. The molecule has 48 valence electrons. The highest BCUT2D eigenvalue weighted by Crippen LogP contribution is 2.31. The van der Waals surface area contributed by atoms with Crippen LogP contribution in [0.15, 0.2) is 0 Å². The van der Waals surface area contributed by atoms with Crippen molar-refractivity contribution in [1.82, 2.24) is 0 Å². The number of epoxide rings is 1. The van der Waals surface area contributed by atoms with Crippen molar-refractivity contribution >= 4 is 39.2 Å². The first-order valence-corrected chi connectivity index (χ1v) is 7.50. The summed E-state index contributed by atoms with van der Waals surface area (Å²) in [6.45, 7) is 0.779. The first-order chi connectivity index (χ1) is 3.58. The summed E-state index contributed by atoms with van der Waals surface area (Å²) in [4.78, 5) is 0. The highest BCUT2D eigenvalue weighted by atomic mass is 35.8. The number of ether oxygens (including phenoxy) is 1. The molecule has 0 aliphatic carbocycles. The fourth-order valence-corrected chi connectivity index (χ4v) is 2.74. The molecule has 0 aromatic heterocycles. The summed E-state index contributed by atoms with van der Waals surface area (Å²) in [6.07, 6.45) is 0.258. The molecule has 1 unspecified atom stereocenters. The van der Waals surface area contributed by atoms with E-state index in [1.165, 1.54) is 0 Å². The predicted molar refractivity (Wildman–Crippen MR) is 37.9 cm³/mol. The molecule has 1 aliphatic rings. The third kappa shape index (κ3) is 3.15. The second kappa shape index (κ2) is 2.35. The summed E-state index contributed by atoms with van der Waals surface area (Å²) in [5.74, 6) is 0. The number of halogens is 3. The second-order valence-electron chi connectivity index (χ2n) is 1.77. The van der Waals surface area contributed by atoms with E-state index >= 15 is 0 Å². The molecule has 1 saturated heterocycles. The van der Waals surface area contributed by atoms with Crippen molar-refractivity contribution in [3.8, 4) is 0 Å². The fraction of sp³-hybridized carbons (Fsp3) is 1.00. The van der Waals surface area contributed by atoms with Crippen LogP contribution in [0.1, 0.15) is 0 Å². The molecule has 1 heterocycles. The van der Waals surface area contributed by atoms with Crippen molar-refractivity contribution in [3.05, 3.63) is 0 Å².